The van der Waals surface area contributed by atoms with Gasteiger partial charge in [-0.25, -0.2) is 17.7 Å². The number of allylic oxidation sites excluding steroid dienone is 1. The Morgan fingerprint density at radius 2 is 1.91 bits per heavy atom. The minimum Gasteiger partial charge on any atom is -0.743 e. The van der Waals surface area contributed by atoms with E-state index in [-0.39, 0.29) is 34.0 Å². The molecular formula is C27H20ClFN3O10S5+. The fraction of sp³-hybridized carbons (Fsp3) is 0.259. The van der Waals surface area contributed by atoms with Crippen LogP contribution in [0.4, 0.5) is 10.1 Å². The molecule has 13 nitrogen and oxygen atoms in total. The monoisotopic (exact) mass is 760 g/mol. The summed E-state index contributed by atoms with van der Waals surface area (Å²) in [6.07, 6.45) is 2.67. The smallest absolute Gasteiger partial charge is 0.370 e. The van der Waals surface area contributed by atoms with Gasteiger partial charge in [0.05, 0.1) is 22.0 Å². The Morgan fingerprint density at radius 3 is 2.62 bits per heavy atom. The molecule has 47 heavy (non-hydrogen) atoms. The molecule has 246 valence electrons. The molecule has 2 N–H and O–H groups in total. The van der Waals surface area contributed by atoms with Crippen LogP contribution in [0.5, 0.6) is 11.5 Å². The van der Waals surface area contributed by atoms with E-state index >= 15 is 4.39 Å². The third kappa shape index (κ3) is 5.47. The summed E-state index contributed by atoms with van der Waals surface area (Å²) in [5.74, 6) is -2.74. The van der Waals surface area contributed by atoms with Gasteiger partial charge in [-0.2, -0.15) is 8.96 Å². The van der Waals surface area contributed by atoms with Gasteiger partial charge in [-0.1, -0.05) is 34.3 Å². The SMILES string of the molecule is O=C(O)Cn1c(=Cc2sc3cc(Cl)sc3[n+]2CC(=O)O)s/c(=C/C(F)=C2\Sc3cc4c(cc3[N+]23CCCC3S(=O)(=O)[O-])OCO4)c1=O. The van der Waals surface area contributed by atoms with Crippen LogP contribution in [0.3, 0.4) is 0 Å². The van der Waals surface area contributed by atoms with Crippen LogP contribution in [0.1, 0.15) is 17.8 Å². The number of halogens is 2. The molecule has 2 unspecified atom stereocenters. The number of carbonyl (C=O) groups is 2. The number of aliphatic carboxylic acids is 2. The molecule has 0 aliphatic carbocycles. The molecule has 1 aromatic carbocycles. The molecule has 6 heterocycles. The molecule has 3 aromatic heterocycles. The maximum Gasteiger partial charge on any atom is 0.370 e. The Kier molecular flexibility index (Phi) is 8.02. The van der Waals surface area contributed by atoms with E-state index in [1.54, 1.807) is 18.2 Å². The van der Waals surface area contributed by atoms with E-state index < -0.39 is 56.4 Å². The molecule has 7 rings (SSSR count). The number of thioether (sulfide) groups is 1. The molecule has 0 bridgehead atoms. The first-order valence-electron chi connectivity index (χ1n) is 13.6. The minimum absolute atomic E-state index is 0.0135. The van der Waals surface area contributed by atoms with Gasteiger partial charge in [-0.05, 0) is 17.8 Å². The van der Waals surface area contributed by atoms with Gasteiger partial charge < -0.3 is 24.2 Å². The lowest BCUT2D eigenvalue weighted by Crippen LogP contribution is -2.53. The number of hydrogen-bond donors (Lipinski definition) is 2. The highest BCUT2D eigenvalue weighted by molar-refractivity contribution is 8.03. The van der Waals surface area contributed by atoms with Crippen molar-refractivity contribution in [2.24, 2.45) is 0 Å². The topological polar surface area (TPSA) is 176 Å². The average molecular weight is 761 g/mol. The first kappa shape index (κ1) is 32.3. The predicted octanol–water partition coefficient (Wildman–Crippen LogP) is 2.55. The first-order chi connectivity index (χ1) is 22.3. The van der Waals surface area contributed by atoms with E-state index in [2.05, 4.69) is 0 Å². The number of carboxylic acid groups (broad SMARTS) is 2. The normalized spacial score (nSPS) is 22.1. The van der Waals surface area contributed by atoms with Gasteiger partial charge in [0.2, 0.25) is 18.4 Å². The number of thiophene rings is 1. The molecule has 1 saturated heterocycles. The van der Waals surface area contributed by atoms with E-state index in [0.29, 0.717) is 47.4 Å². The van der Waals surface area contributed by atoms with Crippen LogP contribution < -0.4 is 33.3 Å². The van der Waals surface area contributed by atoms with E-state index in [1.807, 2.05) is 0 Å². The lowest BCUT2D eigenvalue weighted by molar-refractivity contribution is -0.655. The fourth-order valence-corrected chi connectivity index (χ4v) is 12.4. The van der Waals surface area contributed by atoms with Crippen molar-refractivity contribution in [3.8, 4) is 11.5 Å². The van der Waals surface area contributed by atoms with Crippen LogP contribution in [0.25, 0.3) is 21.7 Å². The van der Waals surface area contributed by atoms with Crippen molar-refractivity contribution in [1.82, 2.24) is 9.05 Å². The molecule has 3 aliphatic rings. The van der Waals surface area contributed by atoms with Crippen molar-refractivity contribution >= 4 is 107 Å². The third-order valence-electron chi connectivity index (χ3n) is 7.85. The second-order valence-electron chi connectivity index (χ2n) is 10.6. The second kappa shape index (κ2) is 11.7. The number of quaternary nitrogens is 1. The van der Waals surface area contributed by atoms with Gasteiger partial charge in [0, 0.05) is 31.1 Å². The van der Waals surface area contributed by atoms with E-state index in [1.165, 1.54) is 22.0 Å². The molecule has 4 aromatic rings. The van der Waals surface area contributed by atoms with Gasteiger partial charge in [-0.15, -0.1) is 11.3 Å². The summed E-state index contributed by atoms with van der Waals surface area (Å²) in [5.41, 5.74) is -0.461. The summed E-state index contributed by atoms with van der Waals surface area (Å²) >= 11 is 10.2. The van der Waals surface area contributed by atoms with Gasteiger partial charge >= 0.3 is 11.9 Å². The highest BCUT2D eigenvalue weighted by Gasteiger charge is 2.57. The molecule has 1 fully saturated rings. The number of aromatic nitrogens is 2. The van der Waals surface area contributed by atoms with Gasteiger partial charge in [-0.3, -0.25) is 14.2 Å². The number of benzene rings is 1. The lowest BCUT2D eigenvalue weighted by Gasteiger charge is -2.36. The number of thiazole rings is 2. The van der Waals surface area contributed by atoms with Gasteiger partial charge in [0.15, 0.2) is 38.5 Å². The van der Waals surface area contributed by atoms with E-state index in [4.69, 9.17) is 21.1 Å². The zero-order valence-corrected chi connectivity index (χ0v) is 28.3. The van der Waals surface area contributed by atoms with Gasteiger partial charge in [0.1, 0.15) is 20.2 Å². The molecule has 3 aliphatic heterocycles. The number of rotatable bonds is 7. The first-order valence-corrected chi connectivity index (χ1v) is 18.7. The van der Waals surface area contributed by atoms with E-state index in [0.717, 1.165) is 45.1 Å². The van der Waals surface area contributed by atoms with Crippen molar-refractivity contribution in [3.05, 3.63) is 57.9 Å². The number of ether oxygens (including phenoxy) is 2. The summed E-state index contributed by atoms with van der Waals surface area (Å²) in [6, 6.07) is 4.81. The molecule has 0 saturated carbocycles. The van der Waals surface area contributed by atoms with Crippen LogP contribution >= 0.6 is 57.4 Å². The number of carboxylic acids is 2. The van der Waals surface area contributed by atoms with Crippen LogP contribution in [0, 0.1) is 0 Å². The summed E-state index contributed by atoms with van der Waals surface area (Å²) in [4.78, 5) is 38.0. The molecule has 2 atom stereocenters. The van der Waals surface area contributed by atoms with Crippen LogP contribution in [-0.4, -0.2) is 58.4 Å². The zero-order chi connectivity index (χ0) is 33.4. The Labute approximate surface area is 284 Å². The lowest BCUT2D eigenvalue weighted by atomic mass is 10.2. The quantitative estimate of drug-likeness (QED) is 0.161. The van der Waals surface area contributed by atoms with Crippen LogP contribution in [-0.2, 0) is 32.8 Å². The summed E-state index contributed by atoms with van der Waals surface area (Å²) in [6.45, 7) is -1.15. The Morgan fingerprint density at radius 1 is 1.17 bits per heavy atom. The fourth-order valence-electron chi connectivity index (χ4n) is 6.06. The maximum absolute atomic E-state index is 16.5. The summed E-state index contributed by atoms with van der Waals surface area (Å²) < 4.78 is 68.0. The average Bonchev–Trinajstić information content (AvgIpc) is 3.82. The third-order valence-corrected chi connectivity index (χ3v) is 13.9. The molecule has 0 amide bonds. The highest BCUT2D eigenvalue weighted by atomic mass is 35.5. The Bertz CT molecular complexity index is 2360. The number of hydrogen-bond acceptors (Lipinski definition) is 12. The zero-order valence-electron chi connectivity index (χ0n) is 23.5. The van der Waals surface area contributed by atoms with Crippen LogP contribution in [0.2, 0.25) is 4.34 Å². The molecule has 1 spiro atoms. The Balaban J connectivity index is 1.43. The highest BCUT2D eigenvalue weighted by Crippen LogP contribution is 2.60. The predicted molar refractivity (Wildman–Crippen MR) is 172 cm³/mol. The summed E-state index contributed by atoms with van der Waals surface area (Å²) in [5, 5.41) is 17.8. The second-order valence-corrected chi connectivity index (χ2v) is 17.0. The Hall–Kier alpha value is -3.30. The number of fused-ring (bicyclic) bond motifs is 4. The van der Waals surface area contributed by atoms with Crippen LogP contribution in [0.15, 0.2) is 38.7 Å². The van der Waals surface area contributed by atoms with Crippen molar-refractivity contribution in [2.45, 2.75) is 36.2 Å². The summed E-state index contributed by atoms with van der Waals surface area (Å²) in [7, 11) is -4.93. The molecular weight excluding hydrogens is 741 g/mol. The molecule has 0 radical (unpaired) electrons. The number of nitrogens with zero attached hydrogens (tertiary/aromatic N) is 3. The van der Waals surface area contributed by atoms with Gasteiger partial charge in [0.25, 0.3) is 15.4 Å². The van der Waals surface area contributed by atoms with Crippen molar-refractivity contribution in [1.29, 1.82) is 0 Å². The van der Waals surface area contributed by atoms with Crippen molar-refractivity contribution in [3.63, 3.8) is 0 Å². The van der Waals surface area contributed by atoms with Crippen molar-refractivity contribution in [2.75, 3.05) is 13.3 Å². The van der Waals surface area contributed by atoms with Crippen molar-refractivity contribution < 1.29 is 51.2 Å². The standard InChI is InChI=1S/C27H19ClFN3O10S5/c28-19-7-18-26(46-19)31(10-24(35)36)21(44-18)8-20-30(9-23(33)34)25(37)17(43-20)4-12(29)27-32(3-1-2-22(32)47(38,39)40)13-5-14-15(42-11-41-14)6-16(13)45-27/h4-8,22H,1-3,9-11H2,(H-2,33,34,35,36,38,39,40)/p+1/b17-4+,27-12+. The minimum atomic E-state index is -4.93. The molecule has 20 heteroatoms. The largest absolute Gasteiger partial charge is 0.743 e. The maximum atomic E-state index is 16.5. The van der Waals surface area contributed by atoms with E-state index in [9.17, 15) is 37.6 Å².